The number of halogens is 1. The Hall–Kier alpha value is -2.96. The summed E-state index contributed by atoms with van der Waals surface area (Å²) in [6.45, 7) is 5.46. The standard InChI is InChI=1S/C25H28FNO4/c1-15(2)27-21-7-5-4-6-20(21)24(17-8-10-18(26)11-9-17)22(27)13-12-19(28)14-23(29)16(3)25(30)31/h4-13,15-16,19,23,28-29H,14H2,1-3H3,(H,30,31)/p-1/b13-12+/t16-,19-,23-/m1/s1. The third-order valence-corrected chi connectivity index (χ3v) is 5.51. The molecular formula is C25H27FNO4-. The second kappa shape index (κ2) is 9.45. The summed E-state index contributed by atoms with van der Waals surface area (Å²) >= 11 is 0. The largest absolute Gasteiger partial charge is 0.550 e. The summed E-state index contributed by atoms with van der Waals surface area (Å²) in [6.07, 6.45) is 0.929. The Morgan fingerprint density at radius 1 is 1.10 bits per heavy atom. The van der Waals surface area contributed by atoms with Crippen molar-refractivity contribution < 1.29 is 24.5 Å². The summed E-state index contributed by atoms with van der Waals surface area (Å²) < 4.78 is 15.7. The monoisotopic (exact) mass is 424 g/mol. The summed E-state index contributed by atoms with van der Waals surface area (Å²) in [4.78, 5) is 10.9. The van der Waals surface area contributed by atoms with Gasteiger partial charge in [-0.1, -0.05) is 43.3 Å². The zero-order valence-electron chi connectivity index (χ0n) is 17.8. The van der Waals surface area contributed by atoms with Gasteiger partial charge in [-0.2, -0.15) is 0 Å². The Morgan fingerprint density at radius 2 is 1.74 bits per heavy atom. The molecule has 0 spiro atoms. The molecule has 3 aromatic rings. The van der Waals surface area contributed by atoms with E-state index in [1.54, 1.807) is 24.3 Å². The second-order valence-electron chi connectivity index (χ2n) is 8.09. The number of aliphatic hydroxyl groups is 2. The summed E-state index contributed by atoms with van der Waals surface area (Å²) in [5.41, 5.74) is 3.61. The van der Waals surface area contributed by atoms with Crippen LogP contribution in [-0.4, -0.2) is 33.0 Å². The van der Waals surface area contributed by atoms with E-state index in [9.17, 15) is 24.5 Å². The van der Waals surface area contributed by atoms with E-state index in [2.05, 4.69) is 18.4 Å². The number of fused-ring (bicyclic) bond motifs is 1. The van der Waals surface area contributed by atoms with E-state index >= 15 is 0 Å². The number of rotatable bonds is 8. The average molecular weight is 424 g/mol. The van der Waals surface area contributed by atoms with Crippen LogP contribution in [0.3, 0.4) is 0 Å². The van der Waals surface area contributed by atoms with Gasteiger partial charge in [-0.15, -0.1) is 0 Å². The maximum atomic E-state index is 13.5. The minimum Gasteiger partial charge on any atom is -0.550 e. The fraction of sp³-hybridized carbons (Fsp3) is 0.320. The fourth-order valence-electron chi connectivity index (χ4n) is 3.81. The van der Waals surface area contributed by atoms with Gasteiger partial charge in [-0.05, 0) is 43.7 Å². The van der Waals surface area contributed by atoms with Gasteiger partial charge in [0.05, 0.1) is 12.2 Å². The van der Waals surface area contributed by atoms with Crippen LogP contribution in [-0.2, 0) is 4.79 Å². The average Bonchev–Trinajstić information content (AvgIpc) is 3.06. The molecule has 164 valence electrons. The minimum absolute atomic E-state index is 0.111. The Kier molecular flexibility index (Phi) is 6.93. The van der Waals surface area contributed by atoms with Crippen LogP contribution < -0.4 is 5.11 Å². The van der Waals surface area contributed by atoms with Gasteiger partial charge in [0.25, 0.3) is 0 Å². The third-order valence-electron chi connectivity index (χ3n) is 5.51. The topological polar surface area (TPSA) is 85.5 Å². The van der Waals surface area contributed by atoms with E-state index < -0.39 is 24.1 Å². The number of nitrogens with zero attached hydrogens (tertiary/aromatic N) is 1. The molecule has 0 saturated carbocycles. The van der Waals surface area contributed by atoms with Crippen molar-refractivity contribution in [2.75, 3.05) is 0 Å². The number of carboxylic acid groups (broad SMARTS) is 1. The molecule has 5 nitrogen and oxygen atoms in total. The number of hydrogen-bond acceptors (Lipinski definition) is 4. The number of para-hydroxylation sites is 1. The smallest absolute Gasteiger partial charge is 0.123 e. The van der Waals surface area contributed by atoms with Gasteiger partial charge in [0.1, 0.15) is 5.82 Å². The summed E-state index contributed by atoms with van der Waals surface area (Å²) in [7, 11) is 0. The molecule has 0 unspecified atom stereocenters. The SMILES string of the molecule is CC(C)n1c(/C=C/[C@@H](O)C[C@@H](O)[C@@H](C)C(=O)[O-])c(-c2ccc(F)cc2)c2ccccc21. The van der Waals surface area contributed by atoms with Crippen molar-refractivity contribution in [3.05, 3.63) is 66.1 Å². The number of aliphatic carboxylic acids is 1. The highest BCUT2D eigenvalue weighted by Gasteiger charge is 2.20. The molecule has 2 N–H and O–H groups in total. The first kappa shape index (κ1) is 22.7. The first-order valence-electron chi connectivity index (χ1n) is 10.3. The molecule has 0 amide bonds. The molecule has 1 heterocycles. The number of carbonyl (C=O) groups excluding carboxylic acids is 1. The summed E-state index contributed by atoms with van der Waals surface area (Å²) in [5, 5.41) is 32.4. The maximum absolute atomic E-state index is 13.5. The first-order valence-corrected chi connectivity index (χ1v) is 10.3. The number of hydrogen-bond donors (Lipinski definition) is 2. The highest BCUT2D eigenvalue weighted by molar-refractivity contribution is 6.01. The van der Waals surface area contributed by atoms with Crippen LogP contribution in [0.5, 0.6) is 0 Å². The highest BCUT2D eigenvalue weighted by Crippen LogP contribution is 2.38. The van der Waals surface area contributed by atoms with Crippen molar-refractivity contribution in [3.8, 4) is 11.1 Å². The van der Waals surface area contributed by atoms with E-state index in [1.807, 2.05) is 24.3 Å². The van der Waals surface area contributed by atoms with E-state index in [-0.39, 0.29) is 18.3 Å². The van der Waals surface area contributed by atoms with Crippen LogP contribution in [0.1, 0.15) is 38.9 Å². The van der Waals surface area contributed by atoms with Crippen molar-refractivity contribution >= 4 is 22.9 Å². The molecule has 0 fully saturated rings. The van der Waals surface area contributed by atoms with Gasteiger partial charge < -0.3 is 24.7 Å². The molecular weight excluding hydrogens is 397 g/mol. The van der Waals surface area contributed by atoms with Gasteiger partial charge >= 0.3 is 0 Å². The van der Waals surface area contributed by atoms with Crippen molar-refractivity contribution in [1.29, 1.82) is 0 Å². The quantitative estimate of drug-likeness (QED) is 0.579. The zero-order valence-corrected chi connectivity index (χ0v) is 17.8. The third kappa shape index (κ3) is 4.86. The number of aliphatic hydroxyl groups excluding tert-OH is 2. The molecule has 0 aliphatic rings. The van der Waals surface area contributed by atoms with Gasteiger partial charge in [0.15, 0.2) is 0 Å². The van der Waals surface area contributed by atoms with Crippen molar-refractivity contribution in [1.82, 2.24) is 4.57 Å². The van der Waals surface area contributed by atoms with E-state index in [1.165, 1.54) is 19.1 Å². The predicted octanol–water partition coefficient (Wildman–Crippen LogP) is 3.54. The Morgan fingerprint density at radius 3 is 2.35 bits per heavy atom. The fourth-order valence-corrected chi connectivity index (χ4v) is 3.81. The maximum Gasteiger partial charge on any atom is 0.123 e. The van der Waals surface area contributed by atoms with Gasteiger partial charge in [-0.25, -0.2) is 4.39 Å². The molecule has 0 aliphatic carbocycles. The van der Waals surface area contributed by atoms with Crippen molar-refractivity contribution in [3.63, 3.8) is 0 Å². The molecule has 0 radical (unpaired) electrons. The Labute approximate surface area is 181 Å². The molecule has 3 rings (SSSR count). The summed E-state index contributed by atoms with van der Waals surface area (Å²) in [6, 6.07) is 14.3. The lowest BCUT2D eigenvalue weighted by Gasteiger charge is -2.21. The Bertz CT molecular complexity index is 1080. The van der Waals surface area contributed by atoms with E-state index in [4.69, 9.17) is 0 Å². The van der Waals surface area contributed by atoms with Crippen LogP contribution in [0, 0.1) is 11.7 Å². The molecule has 2 aromatic carbocycles. The molecule has 6 heteroatoms. The second-order valence-corrected chi connectivity index (χ2v) is 8.09. The molecule has 0 aliphatic heterocycles. The summed E-state index contributed by atoms with van der Waals surface area (Å²) in [5.74, 6) is -2.76. The lowest BCUT2D eigenvalue weighted by Crippen LogP contribution is -2.38. The lowest BCUT2D eigenvalue weighted by atomic mass is 9.98. The van der Waals surface area contributed by atoms with Crippen molar-refractivity contribution in [2.45, 2.75) is 45.4 Å². The van der Waals surface area contributed by atoms with E-state index in [0.717, 1.165) is 27.7 Å². The van der Waals surface area contributed by atoms with Gasteiger partial charge in [0.2, 0.25) is 0 Å². The number of aromatic nitrogens is 1. The lowest BCUT2D eigenvalue weighted by molar-refractivity contribution is -0.313. The number of carbonyl (C=O) groups is 1. The predicted molar refractivity (Wildman–Crippen MR) is 118 cm³/mol. The van der Waals surface area contributed by atoms with E-state index in [0.29, 0.717) is 0 Å². The van der Waals surface area contributed by atoms with Gasteiger partial charge in [-0.3, -0.25) is 0 Å². The molecule has 3 atom stereocenters. The molecule has 1 aromatic heterocycles. The van der Waals surface area contributed by atoms with Crippen LogP contribution >= 0.6 is 0 Å². The molecule has 0 saturated heterocycles. The molecule has 0 bridgehead atoms. The zero-order chi connectivity index (χ0) is 22.7. The van der Waals surface area contributed by atoms with Crippen LogP contribution in [0.4, 0.5) is 4.39 Å². The van der Waals surface area contributed by atoms with Crippen LogP contribution in [0.2, 0.25) is 0 Å². The Balaban J connectivity index is 2.07. The number of benzene rings is 2. The first-order chi connectivity index (χ1) is 14.7. The normalized spacial score (nSPS) is 14.9. The van der Waals surface area contributed by atoms with Crippen LogP contribution in [0.25, 0.3) is 28.1 Å². The van der Waals surface area contributed by atoms with Crippen molar-refractivity contribution in [2.24, 2.45) is 5.92 Å². The minimum atomic E-state index is -1.36. The highest BCUT2D eigenvalue weighted by atomic mass is 19.1. The molecule has 31 heavy (non-hydrogen) atoms. The van der Waals surface area contributed by atoms with Crippen LogP contribution in [0.15, 0.2) is 54.6 Å². The van der Waals surface area contributed by atoms with Gasteiger partial charge in [0, 0.05) is 46.5 Å². The number of carboxylic acids is 1.